The fraction of sp³-hybridized carbons (Fsp3) is 0.273. The number of thiazole rings is 1. The highest BCUT2D eigenvalue weighted by Gasteiger charge is 2.06. The number of carbonyl (C=O) groups excluding carboxylic acids is 1. The van der Waals surface area contributed by atoms with Gasteiger partial charge in [-0.1, -0.05) is 0 Å². The van der Waals surface area contributed by atoms with Crippen molar-refractivity contribution in [2.75, 3.05) is 6.54 Å². The van der Waals surface area contributed by atoms with Crippen molar-refractivity contribution in [1.29, 1.82) is 0 Å². The van der Waals surface area contributed by atoms with Gasteiger partial charge in [0.15, 0.2) is 0 Å². The number of amides is 1. The van der Waals surface area contributed by atoms with Gasteiger partial charge in [0.1, 0.15) is 0 Å². The van der Waals surface area contributed by atoms with Crippen LogP contribution in [0.5, 0.6) is 0 Å². The van der Waals surface area contributed by atoms with Gasteiger partial charge in [0, 0.05) is 12.1 Å². The molecule has 1 aromatic carbocycles. The molecule has 1 heterocycles. The lowest BCUT2D eigenvalue weighted by atomic mass is 10.2. The molecule has 0 saturated carbocycles. The number of hydrogen-bond donors (Lipinski definition) is 1. The van der Waals surface area contributed by atoms with Gasteiger partial charge < -0.3 is 5.32 Å². The van der Waals surface area contributed by atoms with Gasteiger partial charge in [0.2, 0.25) is 0 Å². The van der Waals surface area contributed by atoms with Crippen LogP contribution in [0.15, 0.2) is 18.2 Å². The maximum Gasteiger partial charge on any atom is 0.251 e. The zero-order chi connectivity index (χ0) is 10.8. The molecule has 0 aliphatic rings. The van der Waals surface area contributed by atoms with Crippen molar-refractivity contribution in [2.45, 2.75) is 13.8 Å². The summed E-state index contributed by atoms with van der Waals surface area (Å²) in [5.74, 6) is -0.0227. The Kier molecular flexibility index (Phi) is 2.68. The maximum atomic E-state index is 11.6. The molecular formula is C11H12N2OS. The minimum atomic E-state index is -0.0227. The molecule has 0 spiro atoms. The molecule has 0 unspecified atom stereocenters. The van der Waals surface area contributed by atoms with Crippen LogP contribution in [0, 0.1) is 6.92 Å². The molecule has 3 nitrogen and oxygen atoms in total. The summed E-state index contributed by atoms with van der Waals surface area (Å²) in [7, 11) is 0. The third-order valence-electron chi connectivity index (χ3n) is 2.09. The van der Waals surface area contributed by atoms with Crippen LogP contribution in [0.25, 0.3) is 10.2 Å². The molecule has 78 valence electrons. The highest BCUT2D eigenvalue weighted by molar-refractivity contribution is 7.18. The number of rotatable bonds is 2. The summed E-state index contributed by atoms with van der Waals surface area (Å²) in [6, 6.07) is 5.60. The average Bonchev–Trinajstić information content (AvgIpc) is 2.57. The van der Waals surface area contributed by atoms with Crippen LogP contribution in [-0.4, -0.2) is 17.4 Å². The molecule has 0 atom stereocenters. The van der Waals surface area contributed by atoms with E-state index in [4.69, 9.17) is 0 Å². The van der Waals surface area contributed by atoms with Gasteiger partial charge in [-0.3, -0.25) is 4.79 Å². The molecule has 2 aromatic rings. The van der Waals surface area contributed by atoms with Gasteiger partial charge in [0.05, 0.1) is 15.2 Å². The van der Waals surface area contributed by atoms with E-state index in [1.54, 1.807) is 11.3 Å². The Bertz CT molecular complexity index is 504. The summed E-state index contributed by atoms with van der Waals surface area (Å²) in [4.78, 5) is 15.9. The second-order valence-corrected chi connectivity index (χ2v) is 4.51. The third kappa shape index (κ3) is 1.99. The second kappa shape index (κ2) is 3.98. The number of carbonyl (C=O) groups is 1. The number of hydrogen-bond acceptors (Lipinski definition) is 3. The summed E-state index contributed by atoms with van der Waals surface area (Å²) in [6.07, 6.45) is 0. The Labute approximate surface area is 92.1 Å². The van der Waals surface area contributed by atoms with Crippen LogP contribution >= 0.6 is 11.3 Å². The van der Waals surface area contributed by atoms with Crippen LogP contribution in [-0.2, 0) is 0 Å². The van der Waals surface area contributed by atoms with Gasteiger partial charge in [-0.2, -0.15) is 0 Å². The van der Waals surface area contributed by atoms with Crippen molar-refractivity contribution < 1.29 is 4.79 Å². The largest absolute Gasteiger partial charge is 0.352 e. The molecule has 1 N–H and O–H groups in total. The minimum absolute atomic E-state index is 0.0227. The highest BCUT2D eigenvalue weighted by atomic mass is 32.1. The van der Waals surface area contributed by atoms with E-state index in [-0.39, 0.29) is 5.91 Å². The third-order valence-corrected chi connectivity index (χ3v) is 3.03. The van der Waals surface area contributed by atoms with Crippen molar-refractivity contribution in [2.24, 2.45) is 0 Å². The van der Waals surface area contributed by atoms with Gasteiger partial charge in [-0.15, -0.1) is 11.3 Å². The zero-order valence-corrected chi connectivity index (χ0v) is 9.52. The Morgan fingerprint density at radius 1 is 1.53 bits per heavy atom. The smallest absolute Gasteiger partial charge is 0.251 e. The van der Waals surface area contributed by atoms with Gasteiger partial charge >= 0.3 is 0 Å². The monoisotopic (exact) mass is 220 g/mol. The van der Waals surface area contributed by atoms with Gasteiger partial charge in [-0.05, 0) is 32.0 Å². The Morgan fingerprint density at radius 2 is 2.33 bits per heavy atom. The van der Waals surface area contributed by atoms with Crippen molar-refractivity contribution in [3.63, 3.8) is 0 Å². The summed E-state index contributed by atoms with van der Waals surface area (Å²) in [6.45, 7) is 4.53. The predicted molar refractivity (Wildman–Crippen MR) is 62.4 cm³/mol. The number of nitrogens with one attached hydrogen (secondary N) is 1. The molecule has 0 aliphatic heterocycles. The summed E-state index contributed by atoms with van der Waals surface area (Å²) < 4.78 is 1.07. The molecule has 0 radical (unpaired) electrons. The molecule has 2 rings (SSSR count). The number of aryl methyl sites for hydroxylation is 1. The topological polar surface area (TPSA) is 42.0 Å². The normalized spacial score (nSPS) is 10.5. The predicted octanol–water partition coefficient (Wildman–Crippen LogP) is 2.35. The lowest BCUT2D eigenvalue weighted by Gasteiger charge is -2.00. The van der Waals surface area contributed by atoms with Crippen LogP contribution < -0.4 is 5.32 Å². The van der Waals surface area contributed by atoms with E-state index >= 15 is 0 Å². The number of aromatic nitrogens is 1. The van der Waals surface area contributed by atoms with Crippen molar-refractivity contribution in [3.05, 3.63) is 28.8 Å². The quantitative estimate of drug-likeness (QED) is 0.844. The summed E-state index contributed by atoms with van der Waals surface area (Å²) >= 11 is 1.61. The van der Waals surface area contributed by atoms with E-state index in [0.717, 1.165) is 15.2 Å². The van der Waals surface area contributed by atoms with Gasteiger partial charge in [-0.25, -0.2) is 4.98 Å². The molecular weight excluding hydrogens is 208 g/mol. The molecule has 0 saturated heterocycles. The number of fused-ring (bicyclic) bond motifs is 1. The fourth-order valence-electron chi connectivity index (χ4n) is 1.44. The molecule has 0 aliphatic carbocycles. The maximum absolute atomic E-state index is 11.6. The Balaban J connectivity index is 2.41. The average molecular weight is 220 g/mol. The van der Waals surface area contributed by atoms with Crippen LogP contribution in [0.4, 0.5) is 0 Å². The van der Waals surface area contributed by atoms with E-state index in [1.165, 1.54) is 0 Å². The lowest BCUT2D eigenvalue weighted by molar-refractivity contribution is 0.0956. The lowest BCUT2D eigenvalue weighted by Crippen LogP contribution is -2.22. The molecule has 0 bridgehead atoms. The first kappa shape index (κ1) is 10.1. The first-order chi connectivity index (χ1) is 7.20. The van der Waals surface area contributed by atoms with Gasteiger partial charge in [0.25, 0.3) is 5.91 Å². The molecule has 4 heteroatoms. The number of benzene rings is 1. The van der Waals surface area contributed by atoms with Crippen LogP contribution in [0.1, 0.15) is 22.3 Å². The van der Waals surface area contributed by atoms with E-state index in [0.29, 0.717) is 12.1 Å². The van der Waals surface area contributed by atoms with Crippen LogP contribution in [0.2, 0.25) is 0 Å². The second-order valence-electron chi connectivity index (χ2n) is 3.27. The number of nitrogens with zero attached hydrogens (tertiary/aromatic N) is 1. The van der Waals surface area contributed by atoms with Crippen molar-refractivity contribution in [3.8, 4) is 0 Å². The highest BCUT2D eigenvalue weighted by Crippen LogP contribution is 2.22. The molecule has 0 fully saturated rings. The first-order valence-corrected chi connectivity index (χ1v) is 5.67. The summed E-state index contributed by atoms with van der Waals surface area (Å²) in [5.41, 5.74) is 1.67. The van der Waals surface area contributed by atoms with E-state index in [9.17, 15) is 4.79 Å². The van der Waals surface area contributed by atoms with Crippen molar-refractivity contribution in [1.82, 2.24) is 10.3 Å². The van der Waals surface area contributed by atoms with Crippen LogP contribution in [0.3, 0.4) is 0 Å². The van der Waals surface area contributed by atoms with Crippen molar-refractivity contribution >= 4 is 27.5 Å². The Morgan fingerprint density at radius 3 is 3.07 bits per heavy atom. The SMILES string of the molecule is CCNC(=O)c1ccc2nc(C)sc2c1. The zero-order valence-electron chi connectivity index (χ0n) is 8.70. The molecule has 1 aromatic heterocycles. The first-order valence-electron chi connectivity index (χ1n) is 4.86. The van der Waals surface area contributed by atoms with E-state index in [1.807, 2.05) is 32.0 Å². The minimum Gasteiger partial charge on any atom is -0.352 e. The molecule has 15 heavy (non-hydrogen) atoms. The van der Waals surface area contributed by atoms with E-state index in [2.05, 4.69) is 10.3 Å². The fourth-order valence-corrected chi connectivity index (χ4v) is 2.31. The van der Waals surface area contributed by atoms with E-state index < -0.39 is 0 Å². The standard InChI is InChI=1S/C11H12N2OS/c1-3-12-11(14)8-4-5-9-10(6-8)15-7(2)13-9/h4-6H,3H2,1-2H3,(H,12,14). The molecule has 1 amide bonds. The Hall–Kier alpha value is -1.42. The summed E-state index contributed by atoms with van der Waals surface area (Å²) in [5, 5.41) is 3.80.